The highest BCUT2D eigenvalue weighted by Gasteiger charge is 2.29. The first-order chi connectivity index (χ1) is 9.56. The third-order valence-electron chi connectivity index (χ3n) is 3.61. The lowest BCUT2D eigenvalue weighted by molar-refractivity contribution is 0.165. The Balaban J connectivity index is 2.17. The number of hydrogen-bond donors (Lipinski definition) is 1. The van der Waals surface area contributed by atoms with Crippen LogP contribution in [-0.2, 0) is 15.8 Å². The van der Waals surface area contributed by atoms with E-state index in [9.17, 15) is 13.5 Å². The van der Waals surface area contributed by atoms with Gasteiger partial charge in [-0.2, -0.15) is 5.26 Å². The standard InChI is InChI=1S/C14H18N2O3S/c15-8-13-5-1-2-6-14(13)11-20(18,19)16-7-3-4-12(9-16)10-17/h1-2,5-6,12,17H,3-4,7,9-11H2. The van der Waals surface area contributed by atoms with Crippen molar-refractivity contribution in [2.45, 2.75) is 18.6 Å². The molecule has 0 spiro atoms. The van der Waals surface area contributed by atoms with Crippen molar-refractivity contribution >= 4 is 10.0 Å². The maximum Gasteiger partial charge on any atom is 0.218 e. The molecule has 0 saturated carbocycles. The van der Waals surface area contributed by atoms with E-state index in [0.29, 0.717) is 24.2 Å². The van der Waals surface area contributed by atoms with Gasteiger partial charge in [-0.25, -0.2) is 12.7 Å². The van der Waals surface area contributed by atoms with E-state index in [1.165, 1.54) is 4.31 Å². The van der Waals surface area contributed by atoms with Gasteiger partial charge in [0.1, 0.15) is 0 Å². The van der Waals surface area contributed by atoms with Crippen LogP contribution in [0.3, 0.4) is 0 Å². The lowest BCUT2D eigenvalue weighted by Gasteiger charge is -2.31. The van der Waals surface area contributed by atoms with E-state index >= 15 is 0 Å². The summed E-state index contributed by atoms with van der Waals surface area (Å²) in [6.45, 7) is 0.877. The summed E-state index contributed by atoms with van der Waals surface area (Å²) in [6.07, 6.45) is 1.63. The molecule has 108 valence electrons. The first-order valence-electron chi connectivity index (χ1n) is 6.63. The minimum atomic E-state index is -3.44. The highest BCUT2D eigenvalue weighted by molar-refractivity contribution is 7.88. The quantitative estimate of drug-likeness (QED) is 0.901. The second-order valence-electron chi connectivity index (χ2n) is 5.07. The molecule has 0 amide bonds. The van der Waals surface area contributed by atoms with Gasteiger partial charge in [-0.05, 0) is 30.4 Å². The van der Waals surface area contributed by atoms with Gasteiger partial charge in [0.2, 0.25) is 10.0 Å². The molecule has 1 fully saturated rings. The van der Waals surface area contributed by atoms with Gasteiger partial charge in [0.25, 0.3) is 0 Å². The van der Waals surface area contributed by atoms with Crippen molar-refractivity contribution < 1.29 is 13.5 Å². The number of hydrogen-bond acceptors (Lipinski definition) is 4. The van der Waals surface area contributed by atoms with Crippen molar-refractivity contribution in [2.24, 2.45) is 5.92 Å². The van der Waals surface area contributed by atoms with Crippen molar-refractivity contribution in [3.8, 4) is 6.07 Å². The van der Waals surface area contributed by atoms with Crippen LogP contribution in [-0.4, -0.2) is 37.5 Å². The highest BCUT2D eigenvalue weighted by Crippen LogP contribution is 2.22. The zero-order valence-electron chi connectivity index (χ0n) is 11.2. The zero-order valence-corrected chi connectivity index (χ0v) is 12.0. The normalized spacial score (nSPS) is 20.5. The minimum Gasteiger partial charge on any atom is -0.396 e. The van der Waals surface area contributed by atoms with Crippen LogP contribution >= 0.6 is 0 Å². The molecule has 0 bridgehead atoms. The molecule has 1 aliphatic rings. The van der Waals surface area contributed by atoms with Crippen LogP contribution in [0.2, 0.25) is 0 Å². The Labute approximate surface area is 119 Å². The molecular formula is C14H18N2O3S. The van der Waals surface area contributed by atoms with Gasteiger partial charge in [-0.3, -0.25) is 0 Å². The topological polar surface area (TPSA) is 81.4 Å². The average molecular weight is 294 g/mol. The molecule has 1 aliphatic heterocycles. The largest absolute Gasteiger partial charge is 0.396 e. The van der Waals surface area contributed by atoms with Crippen LogP contribution in [0.25, 0.3) is 0 Å². The molecule has 1 N–H and O–H groups in total. The van der Waals surface area contributed by atoms with Gasteiger partial charge in [0, 0.05) is 19.7 Å². The fourth-order valence-electron chi connectivity index (χ4n) is 2.47. The van der Waals surface area contributed by atoms with Gasteiger partial charge in [0.05, 0.1) is 17.4 Å². The zero-order chi connectivity index (χ0) is 14.6. The summed E-state index contributed by atoms with van der Waals surface area (Å²) in [6, 6.07) is 8.77. The molecular weight excluding hydrogens is 276 g/mol. The highest BCUT2D eigenvalue weighted by atomic mass is 32.2. The summed E-state index contributed by atoms with van der Waals surface area (Å²) in [5.74, 6) is -0.140. The van der Waals surface area contributed by atoms with Crippen molar-refractivity contribution in [3.05, 3.63) is 35.4 Å². The summed E-state index contributed by atoms with van der Waals surface area (Å²) in [7, 11) is -3.44. The van der Waals surface area contributed by atoms with Crippen molar-refractivity contribution in [2.75, 3.05) is 19.7 Å². The summed E-state index contributed by atoms with van der Waals surface area (Å²) >= 11 is 0. The number of nitrogens with zero attached hydrogens (tertiary/aromatic N) is 2. The number of piperidine rings is 1. The Morgan fingerprint density at radius 1 is 1.40 bits per heavy atom. The maximum absolute atomic E-state index is 12.4. The molecule has 0 aromatic heterocycles. The van der Waals surface area contributed by atoms with Crippen molar-refractivity contribution in [1.82, 2.24) is 4.31 Å². The van der Waals surface area contributed by atoms with Crippen LogP contribution in [0.15, 0.2) is 24.3 Å². The van der Waals surface area contributed by atoms with Gasteiger partial charge in [-0.1, -0.05) is 18.2 Å². The average Bonchev–Trinajstić information content (AvgIpc) is 2.47. The molecule has 2 rings (SSSR count). The number of benzene rings is 1. The van der Waals surface area contributed by atoms with E-state index < -0.39 is 10.0 Å². The molecule has 1 unspecified atom stereocenters. The summed E-state index contributed by atoms with van der Waals surface area (Å²) in [5, 5.41) is 18.2. The molecule has 1 aromatic rings. The first-order valence-corrected chi connectivity index (χ1v) is 8.24. The second kappa shape index (κ2) is 6.35. The smallest absolute Gasteiger partial charge is 0.218 e. The third kappa shape index (κ3) is 3.37. The molecule has 1 heterocycles. The molecule has 5 nitrogen and oxygen atoms in total. The Morgan fingerprint density at radius 3 is 2.85 bits per heavy atom. The molecule has 1 atom stereocenters. The monoisotopic (exact) mass is 294 g/mol. The van der Waals surface area contributed by atoms with Gasteiger partial charge >= 0.3 is 0 Å². The molecule has 0 aliphatic carbocycles. The maximum atomic E-state index is 12.4. The van der Waals surface area contributed by atoms with E-state index in [-0.39, 0.29) is 18.3 Å². The Bertz CT molecular complexity index is 607. The number of rotatable bonds is 4. The van der Waals surface area contributed by atoms with E-state index in [2.05, 4.69) is 0 Å². The lowest BCUT2D eigenvalue weighted by Crippen LogP contribution is -2.41. The first kappa shape index (κ1) is 15.0. The minimum absolute atomic E-state index is 0.0147. The fraction of sp³-hybridized carbons (Fsp3) is 0.500. The molecule has 1 saturated heterocycles. The summed E-state index contributed by atoms with van der Waals surface area (Å²) < 4.78 is 26.3. The van der Waals surface area contributed by atoms with Crippen LogP contribution in [0.4, 0.5) is 0 Å². The van der Waals surface area contributed by atoms with Crippen molar-refractivity contribution in [1.29, 1.82) is 5.26 Å². The number of nitriles is 1. The van der Waals surface area contributed by atoms with Crippen LogP contribution in [0.1, 0.15) is 24.0 Å². The molecule has 20 heavy (non-hydrogen) atoms. The van der Waals surface area contributed by atoms with Crippen LogP contribution in [0, 0.1) is 17.2 Å². The van der Waals surface area contributed by atoms with Crippen LogP contribution in [0.5, 0.6) is 0 Å². The van der Waals surface area contributed by atoms with E-state index in [0.717, 1.165) is 12.8 Å². The Hall–Kier alpha value is -1.42. The molecule has 0 radical (unpaired) electrons. The number of sulfonamides is 1. The Morgan fingerprint density at radius 2 is 2.15 bits per heavy atom. The predicted octanol–water partition coefficient (Wildman–Crippen LogP) is 1.09. The predicted molar refractivity (Wildman–Crippen MR) is 75.2 cm³/mol. The lowest BCUT2D eigenvalue weighted by atomic mass is 10.0. The molecule has 1 aromatic carbocycles. The van der Waals surface area contributed by atoms with E-state index in [1.807, 2.05) is 6.07 Å². The third-order valence-corrected chi connectivity index (χ3v) is 5.40. The summed E-state index contributed by atoms with van der Waals surface area (Å²) in [4.78, 5) is 0. The number of aliphatic hydroxyl groups excluding tert-OH is 1. The fourth-order valence-corrected chi connectivity index (χ4v) is 4.14. The van der Waals surface area contributed by atoms with Gasteiger partial charge in [-0.15, -0.1) is 0 Å². The van der Waals surface area contributed by atoms with E-state index in [1.54, 1.807) is 24.3 Å². The SMILES string of the molecule is N#Cc1ccccc1CS(=O)(=O)N1CCCC(CO)C1. The second-order valence-corrected chi connectivity index (χ2v) is 7.04. The Kier molecular flexibility index (Phi) is 4.76. The molecule has 6 heteroatoms. The number of aliphatic hydroxyl groups is 1. The van der Waals surface area contributed by atoms with Gasteiger partial charge < -0.3 is 5.11 Å². The summed E-state index contributed by atoms with van der Waals surface area (Å²) in [5.41, 5.74) is 0.924. The van der Waals surface area contributed by atoms with E-state index in [4.69, 9.17) is 5.26 Å². The van der Waals surface area contributed by atoms with Gasteiger partial charge in [0.15, 0.2) is 0 Å². The van der Waals surface area contributed by atoms with Crippen LogP contribution < -0.4 is 0 Å². The van der Waals surface area contributed by atoms with Crippen molar-refractivity contribution in [3.63, 3.8) is 0 Å².